The highest BCUT2D eigenvalue weighted by atomic mass is 19.2. The lowest BCUT2D eigenvalue weighted by Crippen LogP contribution is -2.59. The predicted molar refractivity (Wildman–Crippen MR) is 162 cm³/mol. The molecule has 2 atom stereocenters. The first-order valence-electron chi connectivity index (χ1n) is 15.6. The van der Waals surface area contributed by atoms with Crippen molar-refractivity contribution in [3.05, 3.63) is 29.5 Å². The molecule has 1 aliphatic heterocycles. The van der Waals surface area contributed by atoms with Crippen LogP contribution in [0.4, 0.5) is 13.6 Å². The number of piperazine rings is 1. The van der Waals surface area contributed by atoms with E-state index in [1.165, 1.54) is 23.4 Å². The highest BCUT2D eigenvalue weighted by Gasteiger charge is 2.38. The minimum atomic E-state index is -1.26. The van der Waals surface area contributed by atoms with Crippen molar-refractivity contribution in [3.8, 4) is 5.75 Å². The van der Waals surface area contributed by atoms with E-state index >= 15 is 0 Å². The normalized spacial score (nSPS) is 17.1. The zero-order valence-corrected chi connectivity index (χ0v) is 26.5. The highest BCUT2D eigenvalue weighted by Crippen LogP contribution is 2.35. The molecular formula is C31H43F2N5O8. The van der Waals surface area contributed by atoms with Crippen molar-refractivity contribution >= 4 is 34.7 Å². The lowest BCUT2D eigenvalue weighted by molar-refractivity contribution is -0.140. The number of likely N-dealkylation sites (N-methyl/N-ethyl adjacent to an activating group) is 1. The van der Waals surface area contributed by atoms with Crippen LogP contribution in [0.5, 0.6) is 5.75 Å². The molecule has 1 saturated carbocycles. The number of hydrogen-bond donors (Lipinski definition) is 3. The minimum absolute atomic E-state index is 0.00415. The SMILES string of the molecule is C[C@@H](C(=O)N[C@H](C(=O)N1CCN(C(=O)c2c(OCCOCCO)c3cc(F)c(F)cc3n2C)CC1)C1CCCCC1)N(C)C(=O)O. The van der Waals surface area contributed by atoms with Gasteiger partial charge in [-0.25, -0.2) is 13.6 Å². The van der Waals surface area contributed by atoms with Gasteiger partial charge in [0.2, 0.25) is 11.8 Å². The van der Waals surface area contributed by atoms with E-state index in [2.05, 4.69) is 5.32 Å². The van der Waals surface area contributed by atoms with Gasteiger partial charge in [-0.1, -0.05) is 19.3 Å². The number of carbonyl (C=O) groups is 4. The number of nitrogens with one attached hydrogen (secondary N) is 1. The van der Waals surface area contributed by atoms with Crippen molar-refractivity contribution in [2.45, 2.75) is 51.1 Å². The Balaban J connectivity index is 1.50. The van der Waals surface area contributed by atoms with Crippen LogP contribution in [0.2, 0.25) is 0 Å². The first kappa shape index (κ1) is 34.9. The van der Waals surface area contributed by atoms with E-state index in [-0.39, 0.29) is 86.8 Å². The van der Waals surface area contributed by atoms with Crippen LogP contribution in [0.3, 0.4) is 0 Å². The van der Waals surface area contributed by atoms with Gasteiger partial charge in [0, 0.05) is 51.7 Å². The first-order valence-corrected chi connectivity index (χ1v) is 15.6. The third kappa shape index (κ3) is 7.69. The molecule has 1 aromatic carbocycles. The fourth-order valence-electron chi connectivity index (χ4n) is 6.09. The third-order valence-corrected chi connectivity index (χ3v) is 8.93. The Morgan fingerprint density at radius 2 is 1.63 bits per heavy atom. The quantitative estimate of drug-likeness (QED) is 0.295. The van der Waals surface area contributed by atoms with Gasteiger partial charge in [-0.3, -0.25) is 19.3 Å². The topological polar surface area (TPSA) is 154 Å². The lowest BCUT2D eigenvalue weighted by atomic mass is 9.83. The van der Waals surface area contributed by atoms with E-state index in [4.69, 9.17) is 14.6 Å². The molecule has 1 aromatic heterocycles. The van der Waals surface area contributed by atoms with Crippen molar-refractivity contribution in [1.29, 1.82) is 0 Å². The van der Waals surface area contributed by atoms with Gasteiger partial charge in [0.25, 0.3) is 5.91 Å². The fraction of sp³-hybridized carbons (Fsp3) is 0.613. The number of carboxylic acid groups (broad SMARTS) is 1. The number of hydrogen-bond acceptors (Lipinski definition) is 7. The number of amides is 4. The molecule has 2 aliphatic rings. The van der Waals surface area contributed by atoms with E-state index in [1.54, 1.807) is 11.9 Å². The summed E-state index contributed by atoms with van der Waals surface area (Å²) in [6.07, 6.45) is 3.15. The van der Waals surface area contributed by atoms with Crippen LogP contribution in [0.15, 0.2) is 12.1 Å². The monoisotopic (exact) mass is 651 g/mol. The minimum Gasteiger partial charge on any atom is -0.488 e. The molecule has 254 valence electrons. The molecule has 0 spiro atoms. The molecule has 0 unspecified atom stereocenters. The first-order chi connectivity index (χ1) is 22.0. The standard InChI is InChI=1S/C31H43F2N5O8/c1-19(35(2)31(43)44)28(40)34-25(20-7-5-4-6-8-20)29(41)37-9-11-38(12-10-37)30(42)26-27(46-16-15-45-14-13-39)21-17-22(32)23(33)18-24(21)36(26)3/h17-20,25,39H,4-16H2,1-3H3,(H,34,40)(H,43,44)/t19-,25-/m0/s1. The van der Waals surface area contributed by atoms with Gasteiger partial charge >= 0.3 is 6.09 Å². The van der Waals surface area contributed by atoms with Crippen LogP contribution in [0, 0.1) is 17.6 Å². The molecule has 46 heavy (non-hydrogen) atoms. The predicted octanol–water partition coefficient (Wildman–Crippen LogP) is 2.19. The van der Waals surface area contributed by atoms with Gasteiger partial charge in [0.1, 0.15) is 18.7 Å². The van der Waals surface area contributed by atoms with Crippen LogP contribution in [-0.2, 0) is 21.4 Å². The summed E-state index contributed by atoms with van der Waals surface area (Å²) < 4.78 is 41.0. The number of benzene rings is 1. The highest BCUT2D eigenvalue weighted by molar-refractivity contribution is 6.04. The zero-order chi connectivity index (χ0) is 33.5. The second-order valence-corrected chi connectivity index (χ2v) is 11.8. The molecule has 4 rings (SSSR count). The molecule has 13 nitrogen and oxygen atoms in total. The lowest BCUT2D eigenvalue weighted by Gasteiger charge is -2.39. The smallest absolute Gasteiger partial charge is 0.407 e. The zero-order valence-electron chi connectivity index (χ0n) is 26.5. The Hall–Kier alpha value is -3.98. The average Bonchev–Trinajstić information content (AvgIpc) is 3.32. The maximum Gasteiger partial charge on any atom is 0.407 e. The molecule has 2 fully saturated rings. The number of nitrogens with zero attached hydrogens (tertiary/aromatic N) is 4. The van der Waals surface area contributed by atoms with Crippen LogP contribution < -0.4 is 10.1 Å². The molecule has 4 amide bonds. The molecule has 1 aliphatic carbocycles. The summed E-state index contributed by atoms with van der Waals surface area (Å²) in [5, 5.41) is 21.3. The number of fused-ring (bicyclic) bond motifs is 1. The summed E-state index contributed by atoms with van der Waals surface area (Å²) in [6, 6.07) is 0.167. The van der Waals surface area contributed by atoms with Crippen LogP contribution >= 0.6 is 0 Å². The maximum atomic E-state index is 14.3. The second-order valence-electron chi connectivity index (χ2n) is 11.8. The molecule has 3 N–H and O–H groups in total. The maximum absolute atomic E-state index is 14.3. The largest absolute Gasteiger partial charge is 0.488 e. The van der Waals surface area contributed by atoms with Gasteiger partial charge in [0.05, 0.1) is 25.3 Å². The van der Waals surface area contributed by atoms with Gasteiger partial charge in [-0.2, -0.15) is 0 Å². The van der Waals surface area contributed by atoms with Gasteiger partial charge < -0.3 is 39.4 Å². The number of aliphatic hydroxyl groups excluding tert-OH is 1. The van der Waals surface area contributed by atoms with E-state index in [9.17, 15) is 33.1 Å². The van der Waals surface area contributed by atoms with Gasteiger partial charge in [-0.15, -0.1) is 0 Å². The van der Waals surface area contributed by atoms with Crippen molar-refractivity contribution in [1.82, 2.24) is 24.6 Å². The fourth-order valence-corrected chi connectivity index (χ4v) is 6.09. The van der Waals surface area contributed by atoms with Crippen LogP contribution in [-0.4, -0.2) is 125 Å². The average molecular weight is 652 g/mol. The molecule has 15 heteroatoms. The summed E-state index contributed by atoms with van der Waals surface area (Å²) >= 11 is 0. The van der Waals surface area contributed by atoms with E-state index < -0.39 is 41.6 Å². The Bertz CT molecular complexity index is 1420. The van der Waals surface area contributed by atoms with E-state index in [1.807, 2.05) is 0 Å². The summed E-state index contributed by atoms with van der Waals surface area (Å²) in [6.45, 7) is 2.18. The summed E-state index contributed by atoms with van der Waals surface area (Å²) in [7, 11) is 2.85. The number of ether oxygens (including phenoxy) is 2. The molecule has 1 saturated heterocycles. The summed E-state index contributed by atoms with van der Waals surface area (Å²) in [5.41, 5.74) is 0.349. The Morgan fingerprint density at radius 1 is 1.00 bits per heavy atom. The number of carbonyl (C=O) groups excluding carboxylic acids is 3. The van der Waals surface area contributed by atoms with Crippen molar-refractivity contribution in [2.75, 3.05) is 59.7 Å². The number of aryl methyl sites for hydroxylation is 1. The molecule has 0 radical (unpaired) electrons. The van der Waals surface area contributed by atoms with E-state index in [0.717, 1.165) is 49.1 Å². The van der Waals surface area contributed by atoms with Crippen LogP contribution in [0.1, 0.15) is 49.5 Å². The van der Waals surface area contributed by atoms with Crippen molar-refractivity contribution in [3.63, 3.8) is 0 Å². The Kier molecular flexibility index (Phi) is 11.8. The molecule has 2 heterocycles. The molecule has 0 bridgehead atoms. The molecule has 2 aromatic rings. The van der Waals surface area contributed by atoms with Gasteiger partial charge in [-0.05, 0) is 31.7 Å². The van der Waals surface area contributed by atoms with E-state index in [0.29, 0.717) is 0 Å². The number of rotatable bonds is 12. The number of halogens is 2. The van der Waals surface area contributed by atoms with Crippen molar-refractivity contribution < 1.29 is 47.6 Å². The summed E-state index contributed by atoms with van der Waals surface area (Å²) in [5.74, 6) is -3.45. The molecular weight excluding hydrogens is 608 g/mol. The second kappa shape index (κ2) is 15.5. The number of aliphatic hydroxyl groups is 1. The summed E-state index contributed by atoms with van der Waals surface area (Å²) in [4.78, 5) is 56.2. The Morgan fingerprint density at radius 3 is 2.26 bits per heavy atom. The number of aromatic nitrogens is 1. The van der Waals surface area contributed by atoms with Crippen LogP contribution in [0.25, 0.3) is 10.9 Å². The van der Waals surface area contributed by atoms with Gasteiger partial charge in [0.15, 0.2) is 23.1 Å². The third-order valence-electron chi connectivity index (χ3n) is 8.93. The Labute approximate surface area is 266 Å². The van der Waals surface area contributed by atoms with Crippen molar-refractivity contribution in [2.24, 2.45) is 13.0 Å².